The molecule has 0 radical (unpaired) electrons. The Bertz CT molecular complexity index is 809. The summed E-state index contributed by atoms with van der Waals surface area (Å²) in [6.45, 7) is 11.7. The van der Waals surface area contributed by atoms with Gasteiger partial charge in [-0.2, -0.15) is 0 Å². The van der Waals surface area contributed by atoms with Crippen LogP contribution in [0.1, 0.15) is 36.5 Å². The van der Waals surface area contributed by atoms with E-state index in [4.69, 9.17) is 4.74 Å². The van der Waals surface area contributed by atoms with Crippen LogP contribution >= 0.6 is 0 Å². The lowest BCUT2D eigenvalue weighted by Gasteiger charge is -2.32. The molecule has 0 unspecified atom stereocenters. The SMILES string of the molecule is Cc1ccc(C(C)C)c(OCC(=O)Nc2ccc(CN3CCN(C)CC3)cc2)c1. The van der Waals surface area contributed by atoms with Crippen molar-refractivity contribution in [2.45, 2.75) is 33.2 Å². The van der Waals surface area contributed by atoms with E-state index >= 15 is 0 Å². The zero-order chi connectivity index (χ0) is 20.8. The molecule has 1 fully saturated rings. The van der Waals surface area contributed by atoms with Crippen molar-refractivity contribution in [3.8, 4) is 5.75 Å². The molecule has 0 bridgehead atoms. The first-order chi connectivity index (χ1) is 13.9. The van der Waals surface area contributed by atoms with Crippen LogP contribution in [0.15, 0.2) is 42.5 Å². The first kappa shape index (κ1) is 21.3. The molecule has 1 N–H and O–H groups in total. The van der Waals surface area contributed by atoms with E-state index in [1.807, 2.05) is 25.1 Å². The van der Waals surface area contributed by atoms with Crippen LogP contribution in [0.2, 0.25) is 0 Å². The maximum atomic E-state index is 12.3. The lowest BCUT2D eigenvalue weighted by molar-refractivity contribution is -0.118. The highest BCUT2D eigenvalue weighted by molar-refractivity contribution is 5.91. The van der Waals surface area contributed by atoms with Gasteiger partial charge in [-0.3, -0.25) is 9.69 Å². The van der Waals surface area contributed by atoms with Gasteiger partial charge in [-0.15, -0.1) is 0 Å². The fourth-order valence-electron chi connectivity index (χ4n) is 3.54. The quantitative estimate of drug-likeness (QED) is 0.773. The Balaban J connectivity index is 1.50. The van der Waals surface area contributed by atoms with Gasteiger partial charge in [0, 0.05) is 38.4 Å². The Hall–Kier alpha value is -2.37. The van der Waals surface area contributed by atoms with Gasteiger partial charge in [-0.05, 0) is 54.8 Å². The zero-order valence-electron chi connectivity index (χ0n) is 18.1. The van der Waals surface area contributed by atoms with Gasteiger partial charge in [-0.25, -0.2) is 0 Å². The minimum atomic E-state index is -0.145. The number of benzene rings is 2. The lowest BCUT2D eigenvalue weighted by atomic mass is 10.0. The molecular formula is C24H33N3O2. The zero-order valence-corrected chi connectivity index (χ0v) is 18.1. The molecule has 1 heterocycles. The van der Waals surface area contributed by atoms with Crippen molar-refractivity contribution in [2.75, 3.05) is 45.2 Å². The standard InChI is InChI=1S/C24H33N3O2/c1-18(2)22-10-5-19(3)15-23(22)29-17-24(28)25-21-8-6-20(7-9-21)16-27-13-11-26(4)12-14-27/h5-10,15,18H,11-14,16-17H2,1-4H3,(H,25,28). The van der Waals surface area contributed by atoms with Crippen molar-refractivity contribution in [3.63, 3.8) is 0 Å². The van der Waals surface area contributed by atoms with Crippen LogP contribution in [0, 0.1) is 6.92 Å². The minimum Gasteiger partial charge on any atom is -0.483 e. The van der Waals surface area contributed by atoms with Gasteiger partial charge in [0.15, 0.2) is 6.61 Å². The molecule has 29 heavy (non-hydrogen) atoms. The second-order valence-electron chi connectivity index (χ2n) is 8.31. The van der Waals surface area contributed by atoms with Crippen molar-refractivity contribution < 1.29 is 9.53 Å². The molecule has 5 heteroatoms. The van der Waals surface area contributed by atoms with Crippen LogP contribution in [0.5, 0.6) is 5.75 Å². The highest BCUT2D eigenvalue weighted by Crippen LogP contribution is 2.27. The Morgan fingerprint density at radius 3 is 2.41 bits per heavy atom. The topological polar surface area (TPSA) is 44.8 Å². The van der Waals surface area contributed by atoms with Crippen LogP contribution in [0.4, 0.5) is 5.69 Å². The van der Waals surface area contributed by atoms with Gasteiger partial charge >= 0.3 is 0 Å². The van der Waals surface area contributed by atoms with E-state index in [1.165, 1.54) is 5.56 Å². The second kappa shape index (κ2) is 9.90. The summed E-state index contributed by atoms with van der Waals surface area (Å²) < 4.78 is 5.82. The van der Waals surface area contributed by atoms with Crippen LogP contribution in [0.25, 0.3) is 0 Å². The monoisotopic (exact) mass is 395 g/mol. The molecular weight excluding hydrogens is 362 g/mol. The molecule has 3 rings (SSSR count). The highest BCUT2D eigenvalue weighted by Gasteiger charge is 2.14. The third kappa shape index (κ3) is 6.31. The Morgan fingerprint density at radius 1 is 1.07 bits per heavy atom. The van der Waals surface area contributed by atoms with E-state index in [0.29, 0.717) is 5.92 Å². The molecule has 0 aromatic heterocycles. The van der Waals surface area contributed by atoms with Crippen molar-refractivity contribution in [2.24, 2.45) is 0 Å². The number of nitrogens with zero attached hydrogens (tertiary/aromatic N) is 2. The van der Waals surface area contributed by atoms with Crippen LogP contribution in [-0.2, 0) is 11.3 Å². The van der Waals surface area contributed by atoms with Crippen LogP contribution < -0.4 is 10.1 Å². The normalized spacial score (nSPS) is 15.5. The number of aryl methyl sites for hydroxylation is 1. The summed E-state index contributed by atoms with van der Waals surface area (Å²) in [6.07, 6.45) is 0. The number of piperazine rings is 1. The van der Waals surface area contributed by atoms with Gasteiger partial charge in [0.2, 0.25) is 0 Å². The summed E-state index contributed by atoms with van der Waals surface area (Å²) in [5, 5.41) is 2.93. The number of carbonyl (C=O) groups is 1. The first-order valence-electron chi connectivity index (χ1n) is 10.4. The second-order valence-corrected chi connectivity index (χ2v) is 8.31. The van der Waals surface area contributed by atoms with E-state index < -0.39 is 0 Å². The first-order valence-corrected chi connectivity index (χ1v) is 10.4. The molecule has 5 nitrogen and oxygen atoms in total. The Morgan fingerprint density at radius 2 is 1.76 bits per heavy atom. The van der Waals surface area contributed by atoms with Gasteiger partial charge < -0.3 is 15.0 Å². The Kier molecular flexibility index (Phi) is 7.29. The third-order valence-electron chi connectivity index (χ3n) is 5.39. The van der Waals surface area contributed by atoms with E-state index in [2.05, 4.69) is 60.3 Å². The molecule has 156 valence electrons. The molecule has 0 aliphatic carbocycles. The molecule has 1 amide bonds. The van der Waals surface area contributed by atoms with Gasteiger partial charge in [-0.1, -0.05) is 38.1 Å². The number of hydrogen-bond donors (Lipinski definition) is 1. The lowest BCUT2D eigenvalue weighted by Crippen LogP contribution is -2.43. The van der Waals surface area contributed by atoms with E-state index in [9.17, 15) is 4.79 Å². The largest absolute Gasteiger partial charge is 0.483 e. The summed E-state index contributed by atoms with van der Waals surface area (Å²) in [7, 11) is 2.17. The van der Waals surface area contributed by atoms with Crippen molar-refractivity contribution in [3.05, 3.63) is 59.2 Å². The number of nitrogens with one attached hydrogen (secondary N) is 1. The van der Waals surface area contributed by atoms with Crippen molar-refractivity contribution >= 4 is 11.6 Å². The number of hydrogen-bond acceptors (Lipinski definition) is 4. The molecule has 0 saturated carbocycles. The molecule has 2 aromatic carbocycles. The molecule has 1 saturated heterocycles. The maximum absolute atomic E-state index is 12.3. The molecule has 1 aliphatic heterocycles. The number of anilines is 1. The molecule has 0 spiro atoms. The predicted octanol–water partition coefficient (Wildman–Crippen LogP) is 3.88. The van der Waals surface area contributed by atoms with E-state index in [1.54, 1.807) is 0 Å². The number of ether oxygens (including phenoxy) is 1. The Labute approximate surface area is 174 Å². The number of rotatable bonds is 7. The van der Waals surface area contributed by atoms with E-state index in [0.717, 1.165) is 55.3 Å². The van der Waals surface area contributed by atoms with Crippen LogP contribution in [-0.4, -0.2) is 55.5 Å². The minimum absolute atomic E-state index is 0.00617. The highest BCUT2D eigenvalue weighted by atomic mass is 16.5. The summed E-state index contributed by atoms with van der Waals surface area (Å²) in [4.78, 5) is 17.2. The summed E-state index contributed by atoms with van der Waals surface area (Å²) >= 11 is 0. The molecule has 0 atom stereocenters. The fraction of sp³-hybridized carbons (Fsp3) is 0.458. The maximum Gasteiger partial charge on any atom is 0.262 e. The average Bonchev–Trinajstić information content (AvgIpc) is 2.69. The predicted molar refractivity (Wildman–Crippen MR) is 119 cm³/mol. The summed E-state index contributed by atoms with van der Waals surface area (Å²) in [5.74, 6) is 0.993. The van der Waals surface area contributed by atoms with Crippen molar-refractivity contribution in [1.29, 1.82) is 0 Å². The van der Waals surface area contributed by atoms with Crippen molar-refractivity contribution in [1.82, 2.24) is 9.80 Å². The number of carbonyl (C=O) groups excluding carboxylic acids is 1. The van der Waals surface area contributed by atoms with Gasteiger partial charge in [0.25, 0.3) is 5.91 Å². The number of likely N-dealkylation sites (N-methyl/N-ethyl adjacent to an activating group) is 1. The average molecular weight is 396 g/mol. The van der Waals surface area contributed by atoms with Gasteiger partial charge in [0.05, 0.1) is 0 Å². The van der Waals surface area contributed by atoms with E-state index in [-0.39, 0.29) is 12.5 Å². The fourth-order valence-corrected chi connectivity index (χ4v) is 3.54. The third-order valence-corrected chi connectivity index (χ3v) is 5.39. The molecule has 2 aromatic rings. The number of amides is 1. The summed E-state index contributed by atoms with van der Waals surface area (Å²) in [6, 6.07) is 14.3. The summed E-state index contributed by atoms with van der Waals surface area (Å²) in [5.41, 5.74) is 4.32. The van der Waals surface area contributed by atoms with Gasteiger partial charge in [0.1, 0.15) is 5.75 Å². The smallest absolute Gasteiger partial charge is 0.262 e. The molecule has 1 aliphatic rings. The van der Waals surface area contributed by atoms with Crippen LogP contribution in [0.3, 0.4) is 0 Å².